The lowest BCUT2D eigenvalue weighted by Crippen LogP contribution is -2.02. The summed E-state index contributed by atoms with van der Waals surface area (Å²) in [6, 6.07) is 7.75. The standard InChI is InChI=1S/C17H27NO/c1-3-4-5-6-7-8-9-13-18-17-12-10-11-16(14-17)15(2)19/h10-12,14,18H,3-9,13H2,1-2H3. The van der Waals surface area contributed by atoms with E-state index in [1.54, 1.807) is 6.92 Å². The fourth-order valence-electron chi connectivity index (χ4n) is 2.16. The summed E-state index contributed by atoms with van der Waals surface area (Å²) in [4.78, 5) is 11.3. The molecular weight excluding hydrogens is 234 g/mol. The zero-order chi connectivity index (χ0) is 13.9. The first-order chi connectivity index (χ1) is 9.24. The van der Waals surface area contributed by atoms with Gasteiger partial charge in [-0.2, -0.15) is 0 Å². The van der Waals surface area contributed by atoms with Crippen molar-refractivity contribution in [2.75, 3.05) is 11.9 Å². The van der Waals surface area contributed by atoms with Crippen molar-refractivity contribution >= 4 is 11.5 Å². The van der Waals surface area contributed by atoms with Gasteiger partial charge in [0.1, 0.15) is 0 Å². The van der Waals surface area contributed by atoms with E-state index in [0.29, 0.717) is 0 Å². The predicted octanol–water partition coefficient (Wildman–Crippen LogP) is 5.05. The number of anilines is 1. The van der Waals surface area contributed by atoms with Crippen molar-refractivity contribution in [2.45, 2.75) is 58.8 Å². The lowest BCUT2D eigenvalue weighted by Gasteiger charge is -2.07. The van der Waals surface area contributed by atoms with Gasteiger partial charge in [-0.1, -0.05) is 57.6 Å². The lowest BCUT2D eigenvalue weighted by molar-refractivity contribution is 0.101. The Kier molecular flexibility index (Phi) is 7.95. The van der Waals surface area contributed by atoms with Gasteiger partial charge in [-0.25, -0.2) is 0 Å². The lowest BCUT2D eigenvalue weighted by atomic mass is 10.1. The molecule has 0 spiro atoms. The van der Waals surface area contributed by atoms with Crippen molar-refractivity contribution in [1.29, 1.82) is 0 Å². The number of carbonyl (C=O) groups excluding carboxylic acids is 1. The van der Waals surface area contributed by atoms with Crippen molar-refractivity contribution in [3.8, 4) is 0 Å². The van der Waals surface area contributed by atoms with Crippen LogP contribution in [0, 0.1) is 0 Å². The smallest absolute Gasteiger partial charge is 0.159 e. The van der Waals surface area contributed by atoms with Crippen LogP contribution in [0.2, 0.25) is 0 Å². The molecule has 0 saturated carbocycles. The minimum Gasteiger partial charge on any atom is -0.385 e. The Hall–Kier alpha value is -1.31. The van der Waals surface area contributed by atoms with Crippen molar-refractivity contribution in [3.63, 3.8) is 0 Å². The highest BCUT2D eigenvalue weighted by atomic mass is 16.1. The van der Waals surface area contributed by atoms with Crippen LogP contribution in [0.5, 0.6) is 0 Å². The fraction of sp³-hybridized carbons (Fsp3) is 0.588. The number of Topliss-reactive ketones (excluding diaryl/α,β-unsaturated/α-hetero) is 1. The van der Waals surface area contributed by atoms with Crippen LogP contribution in [-0.4, -0.2) is 12.3 Å². The van der Waals surface area contributed by atoms with Gasteiger partial charge in [0.25, 0.3) is 0 Å². The number of benzene rings is 1. The molecule has 1 aromatic carbocycles. The summed E-state index contributed by atoms with van der Waals surface area (Å²) in [6.07, 6.45) is 9.27. The van der Waals surface area contributed by atoms with Gasteiger partial charge in [-0.3, -0.25) is 4.79 Å². The van der Waals surface area contributed by atoms with Crippen molar-refractivity contribution in [1.82, 2.24) is 0 Å². The van der Waals surface area contributed by atoms with Gasteiger partial charge in [0.2, 0.25) is 0 Å². The van der Waals surface area contributed by atoms with Crippen LogP contribution < -0.4 is 5.32 Å². The Morgan fingerprint density at radius 2 is 1.74 bits per heavy atom. The van der Waals surface area contributed by atoms with Gasteiger partial charge >= 0.3 is 0 Å². The summed E-state index contributed by atoms with van der Waals surface area (Å²) >= 11 is 0. The van der Waals surface area contributed by atoms with E-state index >= 15 is 0 Å². The molecular formula is C17H27NO. The number of hydrogen-bond donors (Lipinski definition) is 1. The third-order valence-corrected chi connectivity index (χ3v) is 3.38. The molecule has 106 valence electrons. The molecule has 0 aliphatic carbocycles. The number of hydrogen-bond acceptors (Lipinski definition) is 2. The van der Waals surface area contributed by atoms with Crippen LogP contribution in [0.15, 0.2) is 24.3 Å². The van der Waals surface area contributed by atoms with E-state index in [1.807, 2.05) is 24.3 Å². The van der Waals surface area contributed by atoms with Gasteiger partial charge in [0.15, 0.2) is 5.78 Å². The average molecular weight is 261 g/mol. The quantitative estimate of drug-likeness (QED) is 0.471. The van der Waals surface area contributed by atoms with E-state index in [2.05, 4.69) is 12.2 Å². The molecule has 1 aromatic rings. The van der Waals surface area contributed by atoms with E-state index in [-0.39, 0.29) is 5.78 Å². The van der Waals surface area contributed by atoms with Crippen LogP contribution in [-0.2, 0) is 0 Å². The van der Waals surface area contributed by atoms with E-state index in [1.165, 1.54) is 44.9 Å². The minimum absolute atomic E-state index is 0.125. The Labute approximate surface area is 117 Å². The fourth-order valence-corrected chi connectivity index (χ4v) is 2.16. The molecule has 0 saturated heterocycles. The second-order valence-corrected chi connectivity index (χ2v) is 5.19. The maximum Gasteiger partial charge on any atom is 0.159 e. The van der Waals surface area contributed by atoms with Crippen molar-refractivity contribution in [3.05, 3.63) is 29.8 Å². The molecule has 0 aromatic heterocycles. The molecule has 0 aliphatic heterocycles. The molecule has 0 heterocycles. The van der Waals surface area contributed by atoms with Crippen LogP contribution in [0.3, 0.4) is 0 Å². The molecule has 0 aliphatic rings. The molecule has 0 atom stereocenters. The van der Waals surface area contributed by atoms with E-state index in [0.717, 1.165) is 17.8 Å². The third kappa shape index (κ3) is 7.00. The van der Waals surface area contributed by atoms with E-state index in [9.17, 15) is 4.79 Å². The van der Waals surface area contributed by atoms with E-state index in [4.69, 9.17) is 0 Å². The van der Waals surface area contributed by atoms with Crippen LogP contribution in [0.4, 0.5) is 5.69 Å². The SMILES string of the molecule is CCCCCCCCCNc1cccc(C(C)=O)c1. The zero-order valence-corrected chi connectivity index (χ0v) is 12.4. The zero-order valence-electron chi connectivity index (χ0n) is 12.4. The number of unbranched alkanes of at least 4 members (excludes halogenated alkanes) is 6. The first kappa shape index (κ1) is 15.7. The topological polar surface area (TPSA) is 29.1 Å². The maximum atomic E-state index is 11.3. The monoisotopic (exact) mass is 261 g/mol. The van der Waals surface area contributed by atoms with Gasteiger partial charge in [-0.15, -0.1) is 0 Å². The molecule has 2 heteroatoms. The second kappa shape index (κ2) is 9.60. The Morgan fingerprint density at radius 3 is 2.42 bits per heavy atom. The van der Waals surface area contributed by atoms with Gasteiger partial charge in [0.05, 0.1) is 0 Å². The molecule has 1 N–H and O–H groups in total. The van der Waals surface area contributed by atoms with Gasteiger partial charge in [0, 0.05) is 17.8 Å². The molecule has 2 nitrogen and oxygen atoms in total. The Bertz CT molecular complexity index is 373. The number of nitrogens with one attached hydrogen (secondary N) is 1. The first-order valence-electron chi connectivity index (χ1n) is 7.59. The van der Waals surface area contributed by atoms with E-state index < -0.39 is 0 Å². The summed E-state index contributed by atoms with van der Waals surface area (Å²) in [6.45, 7) is 4.85. The molecule has 1 rings (SSSR count). The normalized spacial score (nSPS) is 10.4. The summed E-state index contributed by atoms with van der Waals surface area (Å²) in [5.41, 5.74) is 1.84. The number of ketones is 1. The van der Waals surface area contributed by atoms with Crippen LogP contribution in [0.1, 0.15) is 69.2 Å². The van der Waals surface area contributed by atoms with Crippen molar-refractivity contribution < 1.29 is 4.79 Å². The van der Waals surface area contributed by atoms with Crippen molar-refractivity contribution in [2.24, 2.45) is 0 Å². The molecule has 0 unspecified atom stereocenters. The number of carbonyl (C=O) groups is 1. The predicted molar refractivity (Wildman–Crippen MR) is 82.9 cm³/mol. The first-order valence-corrected chi connectivity index (χ1v) is 7.59. The number of rotatable bonds is 10. The summed E-state index contributed by atoms with van der Waals surface area (Å²) in [5, 5.41) is 3.39. The van der Waals surface area contributed by atoms with Crippen LogP contribution >= 0.6 is 0 Å². The molecule has 19 heavy (non-hydrogen) atoms. The van der Waals surface area contributed by atoms with Gasteiger partial charge in [-0.05, 0) is 25.5 Å². The van der Waals surface area contributed by atoms with Crippen LogP contribution in [0.25, 0.3) is 0 Å². The highest BCUT2D eigenvalue weighted by Crippen LogP contribution is 2.12. The highest BCUT2D eigenvalue weighted by Gasteiger charge is 1.99. The largest absolute Gasteiger partial charge is 0.385 e. The second-order valence-electron chi connectivity index (χ2n) is 5.19. The molecule has 0 amide bonds. The highest BCUT2D eigenvalue weighted by molar-refractivity contribution is 5.94. The third-order valence-electron chi connectivity index (χ3n) is 3.38. The molecule has 0 fully saturated rings. The average Bonchev–Trinajstić information content (AvgIpc) is 2.42. The Balaban J connectivity index is 2.12. The Morgan fingerprint density at radius 1 is 1.05 bits per heavy atom. The molecule has 0 bridgehead atoms. The molecule has 0 radical (unpaired) electrons. The van der Waals surface area contributed by atoms with Gasteiger partial charge < -0.3 is 5.32 Å². The summed E-state index contributed by atoms with van der Waals surface area (Å²) < 4.78 is 0. The summed E-state index contributed by atoms with van der Waals surface area (Å²) in [7, 11) is 0. The summed E-state index contributed by atoms with van der Waals surface area (Å²) in [5.74, 6) is 0.125. The maximum absolute atomic E-state index is 11.3. The minimum atomic E-state index is 0.125.